The van der Waals surface area contributed by atoms with Gasteiger partial charge in [0.25, 0.3) is 5.56 Å². The highest BCUT2D eigenvalue weighted by Gasteiger charge is 2.13. The maximum atomic E-state index is 12.3. The number of aryl methyl sites for hydroxylation is 1. The Hall–Kier alpha value is -2.18. The van der Waals surface area contributed by atoms with Crippen molar-refractivity contribution in [3.05, 3.63) is 42.9 Å². The van der Waals surface area contributed by atoms with Gasteiger partial charge in [-0.05, 0) is 12.0 Å². The molecule has 1 N–H and O–H groups in total. The zero-order chi connectivity index (χ0) is 13.3. The van der Waals surface area contributed by atoms with Gasteiger partial charge < -0.3 is 4.42 Å². The predicted molar refractivity (Wildman–Crippen MR) is 62.7 cm³/mol. The molecule has 18 heavy (non-hydrogen) atoms. The van der Waals surface area contributed by atoms with Crippen molar-refractivity contribution in [1.82, 2.24) is 9.55 Å². The minimum Gasteiger partial charge on any atom is -0.405 e. The largest absolute Gasteiger partial charge is 0.405 e. The maximum absolute atomic E-state index is 12.3. The summed E-state index contributed by atoms with van der Waals surface area (Å²) >= 11 is 0. The zero-order valence-electron chi connectivity index (χ0n) is 9.66. The fourth-order valence-corrected chi connectivity index (χ4v) is 1.82. The Morgan fingerprint density at radius 1 is 1.39 bits per heavy atom. The molecule has 96 valence electrons. The Bertz CT molecular complexity index is 756. The van der Waals surface area contributed by atoms with Crippen molar-refractivity contribution in [2.24, 2.45) is 0 Å². The Kier molecular flexibility index (Phi) is 3.14. The SMILES string of the molecule is CCc1cc(=O)oc2[nH]c(=O)n(CCF)c(=O)c12. The standard InChI is InChI=1S/C11H11FN2O4/c1-2-6-5-7(15)18-9-8(6)10(16)14(4-3-12)11(17)13-9/h5H,2-4H2,1H3,(H,13,17). The van der Waals surface area contributed by atoms with Crippen LogP contribution in [-0.4, -0.2) is 16.2 Å². The van der Waals surface area contributed by atoms with Crippen LogP contribution in [-0.2, 0) is 13.0 Å². The number of aromatic amines is 1. The first kappa shape index (κ1) is 12.3. The first-order valence-corrected chi connectivity index (χ1v) is 5.44. The molecule has 2 rings (SSSR count). The highest BCUT2D eigenvalue weighted by molar-refractivity contribution is 5.75. The molecule has 0 aliphatic rings. The van der Waals surface area contributed by atoms with Crippen molar-refractivity contribution in [2.45, 2.75) is 19.9 Å². The third-order valence-corrected chi connectivity index (χ3v) is 2.66. The fourth-order valence-electron chi connectivity index (χ4n) is 1.82. The van der Waals surface area contributed by atoms with E-state index in [1.807, 2.05) is 0 Å². The lowest BCUT2D eigenvalue weighted by Crippen LogP contribution is -2.36. The number of rotatable bonds is 3. The quantitative estimate of drug-likeness (QED) is 0.846. The average molecular weight is 254 g/mol. The number of H-pyrrole nitrogens is 1. The Labute approximate surface area is 99.7 Å². The lowest BCUT2D eigenvalue weighted by molar-refractivity contribution is 0.431. The topological polar surface area (TPSA) is 85.1 Å². The molecule has 0 saturated carbocycles. The molecule has 0 bridgehead atoms. The van der Waals surface area contributed by atoms with Crippen molar-refractivity contribution < 1.29 is 8.81 Å². The minimum atomic E-state index is -0.827. The van der Waals surface area contributed by atoms with Crippen molar-refractivity contribution in [3.63, 3.8) is 0 Å². The third kappa shape index (κ3) is 1.87. The molecule has 7 heteroatoms. The summed E-state index contributed by atoms with van der Waals surface area (Å²) in [5.41, 5.74) is -1.77. The molecule has 0 aliphatic heterocycles. The van der Waals surface area contributed by atoms with Gasteiger partial charge in [-0.2, -0.15) is 0 Å². The van der Waals surface area contributed by atoms with Crippen LogP contribution in [0.25, 0.3) is 11.1 Å². The van der Waals surface area contributed by atoms with Gasteiger partial charge in [0.1, 0.15) is 12.1 Å². The van der Waals surface area contributed by atoms with Crippen LogP contribution in [0.15, 0.2) is 24.9 Å². The second-order valence-corrected chi connectivity index (χ2v) is 3.72. The van der Waals surface area contributed by atoms with Crippen LogP contribution in [0, 0.1) is 0 Å². The van der Waals surface area contributed by atoms with Gasteiger partial charge in [0, 0.05) is 6.07 Å². The van der Waals surface area contributed by atoms with Crippen LogP contribution in [0.4, 0.5) is 4.39 Å². The van der Waals surface area contributed by atoms with Crippen LogP contribution in [0.2, 0.25) is 0 Å². The molecular weight excluding hydrogens is 243 g/mol. The Balaban J connectivity index is 2.97. The normalized spacial score (nSPS) is 11.0. The molecule has 0 radical (unpaired) electrons. The molecule has 0 saturated heterocycles. The van der Waals surface area contributed by atoms with E-state index >= 15 is 0 Å². The second kappa shape index (κ2) is 4.59. The van der Waals surface area contributed by atoms with E-state index in [1.54, 1.807) is 6.92 Å². The number of nitrogens with zero attached hydrogens (tertiary/aromatic N) is 1. The number of hydrogen-bond donors (Lipinski definition) is 1. The van der Waals surface area contributed by atoms with Crippen LogP contribution >= 0.6 is 0 Å². The molecule has 0 amide bonds. The van der Waals surface area contributed by atoms with Gasteiger partial charge in [-0.15, -0.1) is 0 Å². The van der Waals surface area contributed by atoms with Gasteiger partial charge in [0.15, 0.2) is 0 Å². The van der Waals surface area contributed by atoms with E-state index in [4.69, 9.17) is 4.42 Å². The predicted octanol–water partition coefficient (Wildman–Crippen LogP) is 0.175. The van der Waals surface area contributed by atoms with Crippen LogP contribution in [0.3, 0.4) is 0 Å². The van der Waals surface area contributed by atoms with Gasteiger partial charge in [0.05, 0.1) is 6.54 Å². The smallest absolute Gasteiger partial charge is 0.337 e. The molecule has 2 aromatic heterocycles. The molecule has 0 atom stereocenters. The molecule has 0 unspecified atom stereocenters. The van der Waals surface area contributed by atoms with E-state index in [0.717, 1.165) is 4.57 Å². The molecular formula is C11H11FN2O4. The van der Waals surface area contributed by atoms with E-state index in [-0.39, 0.29) is 17.6 Å². The van der Waals surface area contributed by atoms with E-state index < -0.39 is 23.5 Å². The van der Waals surface area contributed by atoms with Crippen LogP contribution < -0.4 is 16.9 Å². The summed E-state index contributed by atoms with van der Waals surface area (Å²) in [4.78, 5) is 37.1. The summed E-state index contributed by atoms with van der Waals surface area (Å²) in [6.45, 7) is 0.609. The van der Waals surface area contributed by atoms with Crippen molar-refractivity contribution in [3.8, 4) is 0 Å². The Morgan fingerprint density at radius 3 is 2.72 bits per heavy atom. The summed E-state index contributed by atoms with van der Waals surface area (Å²) in [6, 6.07) is 1.20. The van der Waals surface area contributed by atoms with E-state index in [1.165, 1.54) is 6.07 Å². The Morgan fingerprint density at radius 2 is 2.11 bits per heavy atom. The minimum absolute atomic E-state index is 0.116. The fraction of sp³-hybridized carbons (Fsp3) is 0.364. The number of aromatic nitrogens is 2. The van der Waals surface area contributed by atoms with E-state index in [0.29, 0.717) is 12.0 Å². The number of nitrogens with one attached hydrogen (secondary N) is 1. The van der Waals surface area contributed by atoms with Gasteiger partial charge in [-0.1, -0.05) is 6.92 Å². The molecule has 6 nitrogen and oxygen atoms in total. The van der Waals surface area contributed by atoms with E-state index in [9.17, 15) is 18.8 Å². The number of halogens is 1. The third-order valence-electron chi connectivity index (χ3n) is 2.66. The maximum Gasteiger partial charge on any atom is 0.337 e. The number of hydrogen-bond acceptors (Lipinski definition) is 4. The second-order valence-electron chi connectivity index (χ2n) is 3.72. The molecule has 0 fully saturated rings. The lowest BCUT2D eigenvalue weighted by atomic mass is 10.1. The summed E-state index contributed by atoms with van der Waals surface area (Å²) < 4.78 is 17.8. The van der Waals surface area contributed by atoms with E-state index in [2.05, 4.69) is 4.98 Å². The van der Waals surface area contributed by atoms with Gasteiger partial charge in [0.2, 0.25) is 5.71 Å². The molecule has 0 spiro atoms. The van der Waals surface area contributed by atoms with Gasteiger partial charge >= 0.3 is 11.3 Å². The number of fused-ring (bicyclic) bond motifs is 1. The molecule has 2 aromatic rings. The van der Waals surface area contributed by atoms with Crippen LogP contribution in [0.1, 0.15) is 12.5 Å². The molecule has 0 aliphatic carbocycles. The van der Waals surface area contributed by atoms with Crippen LogP contribution in [0.5, 0.6) is 0 Å². The number of alkyl halides is 1. The first-order chi connectivity index (χ1) is 8.58. The monoisotopic (exact) mass is 254 g/mol. The average Bonchev–Trinajstić information content (AvgIpc) is 2.32. The molecule has 0 aromatic carbocycles. The lowest BCUT2D eigenvalue weighted by Gasteiger charge is -2.05. The van der Waals surface area contributed by atoms with Gasteiger partial charge in [-0.25, -0.2) is 14.0 Å². The van der Waals surface area contributed by atoms with Gasteiger partial charge in [-0.3, -0.25) is 14.3 Å². The first-order valence-electron chi connectivity index (χ1n) is 5.44. The zero-order valence-corrected chi connectivity index (χ0v) is 9.66. The highest BCUT2D eigenvalue weighted by Crippen LogP contribution is 2.09. The molecule has 2 heterocycles. The summed E-state index contributed by atoms with van der Waals surface area (Å²) in [7, 11) is 0. The van der Waals surface area contributed by atoms with Crippen molar-refractivity contribution in [2.75, 3.05) is 6.67 Å². The van der Waals surface area contributed by atoms with Crippen molar-refractivity contribution in [1.29, 1.82) is 0 Å². The summed E-state index contributed by atoms with van der Waals surface area (Å²) in [5.74, 6) is 0. The summed E-state index contributed by atoms with van der Waals surface area (Å²) in [5, 5.41) is 0.116. The highest BCUT2D eigenvalue weighted by atomic mass is 19.1. The van der Waals surface area contributed by atoms with Crippen molar-refractivity contribution >= 4 is 11.1 Å². The summed E-state index contributed by atoms with van der Waals surface area (Å²) in [6.07, 6.45) is 0.430.